The summed E-state index contributed by atoms with van der Waals surface area (Å²) >= 11 is 0. The normalized spacial score (nSPS) is 11.3. The lowest BCUT2D eigenvalue weighted by molar-refractivity contribution is -0.274. The van der Waals surface area contributed by atoms with Gasteiger partial charge < -0.3 is 4.74 Å². The Balaban J connectivity index is 2.42. The highest BCUT2D eigenvalue weighted by Crippen LogP contribution is 2.30. The largest absolute Gasteiger partial charge is 0.573 e. The predicted molar refractivity (Wildman–Crippen MR) is 63.9 cm³/mol. The van der Waals surface area contributed by atoms with Gasteiger partial charge in [0.1, 0.15) is 17.4 Å². The maximum absolute atomic E-state index is 13.7. The monoisotopic (exact) mass is 302 g/mol. The summed E-state index contributed by atoms with van der Waals surface area (Å²) in [5.41, 5.74) is -0.300. The van der Waals surface area contributed by atoms with Crippen molar-refractivity contribution in [3.05, 3.63) is 53.6 Å². The minimum Gasteiger partial charge on any atom is -0.406 e. The van der Waals surface area contributed by atoms with Crippen LogP contribution in [-0.4, -0.2) is 12.6 Å². The highest BCUT2D eigenvalue weighted by Gasteiger charge is 2.31. The molecule has 0 bridgehead atoms. The van der Waals surface area contributed by atoms with Crippen molar-refractivity contribution in [1.29, 1.82) is 0 Å². The van der Waals surface area contributed by atoms with Gasteiger partial charge in [0.05, 0.1) is 0 Å². The number of halogens is 5. The molecule has 0 aliphatic heterocycles. The maximum Gasteiger partial charge on any atom is 0.573 e. The molecule has 0 fully saturated rings. The van der Waals surface area contributed by atoms with Crippen LogP contribution in [0.5, 0.6) is 5.75 Å². The Hall–Kier alpha value is -2.44. The molecule has 0 amide bonds. The van der Waals surface area contributed by atoms with Gasteiger partial charge >= 0.3 is 6.36 Å². The first-order valence-electron chi connectivity index (χ1n) is 5.60. The molecule has 2 aromatic carbocycles. The van der Waals surface area contributed by atoms with Crippen LogP contribution in [0, 0.1) is 11.6 Å². The standard InChI is InChI=1S/C14H7F5O2/c15-10-5-9(7-20)13(12(16)6-10)8-1-3-11(4-2-8)21-14(17,18)19/h1-7H. The number of ether oxygens (including phenoxy) is 1. The quantitative estimate of drug-likeness (QED) is 0.622. The number of carbonyl (C=O) groups is 1. The zero-order valence-corrected chi connectivity index (χ0v) is 10.2. The molecule has 21 heavy (non-hydrogen) atoms. The summed E-state index contributed by atoms with van der Waals surface area (Å²) in [6, 6.07) is 5.66. The van der Waals surface area contributed by atoms with Gasteiger partial charge in [0, 0.05) is 17.2 Å². The molecule has 0 saturated carbocycles. The van der Waals surface area contributed by atoms with Crippen molar-refractivity contribution in [3.8, 4) is 16.9 Å². The van der Waals surface area contributed by atoms with E-state index < -0.39 is 23.7 Å². The van der Waals surface area contributed by atoms with Crippen LogP contribution in [0.2, 0.25) is 0 Å². The Bertz CT molecular complexity index is 662. The van der Waals surface area contributed by atoms with Crippen molar-refractivity contribution < 1.29 is 31.5 Å². The molecular weight excluding hydrogens is 295 g/mol. The number of alkyl halides is 3. The molecule has 2 aromatic rings. The van der Waals surface area contributed by atoms with E-state index in [4.69, 9.17) is 0 Å². The summed E-state index contributed by atoms with van der Waals surface area (Å²) in [5.74, 6) is -2.39. The third-order valence-corrected chi connectivity index (χ3v) is 2.59. The molecule has 0 saturated heterocycles. The molecule has 0 N–H and O–H groups in total. The van der Waals surface area contributed by atoms with Gasteiger partial charge in [0.25, 0.3) is 0 Å². The minimum atomic E-state index is -4.84. The van der Waals surface area contributed by atoms with E-state index in [1.165, 1.54) is 0 Å². The van der Waals surface area contributed by atoms with Gasteiger partial charge in [-0.3, -0.25) is 4.79 Å². The summed E-state index contributed by atoms with van der Waals surface area (Å²) in [6.45, 7) is 0. The summed E-state index contributed by atoms with van der Waals surface area (Å²) in [5, 5.41) is 0. The second kappa shape index (κ2) is 5.51. The molecule has 110 valence electrons. The van der Waals surface area contributed by atoms with Gasteiger partial charge in [0.2, 0.25) is 0 Å². The maximum atomic E-state index is 13.7. The van der Waals surface area contributed by atoms with E-state index in [0.29, 0.717) is 6.07 Å². The molecule has 0 aliphatic rings. The van der Waals surface area contributed by atoms with Crippen LogP contribution in [0.25, 0.3) is 11.1 Å². The van der Waals surface area contributed by atoms with Crippen molar-refractivity contribution in [2.75, 3.05) is 0 Å². The van der Waals surface area contributed by atoms with E-state index in [-0.39, 0.29) is 23.0 Å². The van der Waals surface area contributed by atoms with Crippen molar-refractivity contribution in [2.45, 2.75) is 6.36 Å². The second-order valence-electron chi connectivity index (χ2n) is 4.04. The number of hydrogen-bond donors (Lipinski definition) is 0. The molecule has 0 aliphatic carbocycles. The van der Waals surface area contributed by atoms with Crippen LogP contribution in [-0.2, 0) is 0 Å². The van der Waals surface area contributed by atoms with Crippen molar-refractivity contribution in [3.63, 3.8) is 0 Å². The van der Waals surface area contributed by atoms with Crippen molar-refractivity contribution in [1.82, 2.24) is 0 Å². The van der Waals surface area contributed by atoms with Crippen LogP contribution in [0.1, 0.15) is 10.4 Å². The molecule has 0 heterocycles. The van der Waals surface area contributed by atoms with E-state index in [1.807, 2.05) is 0 Å². The average Bonchev–Trinajstić information content (AvgIpc) is 2.37. The Morgan fingerprint density at radius 3 is 2.14 bits per heavy atom. The first-order chi connectivity index (χ1) is 9.80. The average molecular weight is 302 g/mol. The van der Waals surface area contributed by atoms with Gasteiger partial charge in [0.15, 0.2) is 6.29 Å². The van der Waals surface area contributed by atoms with Gasteiger partial charge in [-0.15, -0.1) is 13.2 Å². The number of aldehydes is 1. The lowest BCUT2D eigenvalue weighted by Crippen LogP contribution is -2.16. The Morgan fingerprint density at radius 2 is 1.62 bits per heavy atom. The van der Waals surface area contributed by atoms with E-state index in [9.17, 15) is 26.7 Å². The lowest BCUT2D eigenvalue weighted by Gasteiger charge is -2.11. The van der Waals surface area contributed by atoms with Gasteiger partial charge in [-0.2, -0.15) is 0 Å². The van der Waals surface area contributed by atoms with E-state index in [0.717, 1.165) is 30.3 Å². The molecule has 0 unspecified atom stereocenters. The fourth-order valence-corrected chi connectivity index (χ4v) is 1.81. The summed E-state index contributed by atoms with van der Waals surface area (Å²) < 4.78 is 66.5. The van der Waals surface area contributed by atoms with Crippen molar-refractivity contribution >= 4 is 6.29 Å². The van der Waals surface area contributed by atoms with Gasteiger partial charge in [-0.05, 0) is 23.8 Å². The Kier molecular flexibility index (Phi) is 3.93. The van der Waals surface area contributed by atoms with Crippen LogP contribution < -0.4 is 4.74 Å². The Labute approximate surface area is 115 Å². The molecule has 2 nitrogen and oxygen atoms in total. The highest BCUT2D eigenvalue weighted by atomic mass is 19.4. The molecule has 0 atom stereocenters. The number of benzene rings is 2. The van der Waals surface area contributed by atoms with E-state index in [2.05, 4.69) is 4.74 Å². The molecule has 2 rings (SSSR count). The topological polar surface area (TPSA) is 26.3 Å². The first kappa shape index (κ1) is 15.0. The Morgan fingerprint density at radius 1 is 1.00 bits per heavy atom. The summed E-state index contributed by atoms with van der Waals surface area (Å²) in [7, 11) is 0. The summed E-state index contributed by atoms with van der Waals surface area (Å²) in [6.07, 6.45) is -4.57. The highest BCUT2D eigenvalue weighted by molar-refractivity contribution is 5.87. The van der Waals surface area contributed by atoms with E-state index in [1.54, 1.807) is 0 Å². The molecule has 0 spiro atoms. The SMILES string of the molecule is O=Cc1cc(F)cc(F)c1-c1ccc(OC(F)(F)F)cc1. The minimum absolute atomic E-state index is 0.129. The predicted octanol–water partition coefficient (Wildman–Crippen LogP) is 4.34. The van der Waals surface area contributed by atoms with E-state index >= 15 is 0 Å². The molecule has 0 radical (unpaired) electrons. The number of carbonyl (C=O) groups excluding carboxylic acids is 1. The third-order valence-electron chi connectivity index (χ3n) is 2.59. The molecule has 0 aromatic heterocycles. The lowest BCUT2D eigenvalue weighted by atomic mass is 9.99. The molecular formula is C14H7F5O2. The molecule has 7 heteroatoms. The first-order valence-corrected chi connectivity index (χ1v) is 5.60. The fraction of sp³-hybridized carbons (Fsp3) is 0.0714. The number of rotatable bonds is 3. The van der Waals surface area contributed by atoms with Crippen LogP contribution >= 0.6 is 0 Å². The van der Waals surface area contributed by atoms with Gasteiger partial charge in [-0.25, -0.2) is 8.78 Å². The smallest absolute Gasteiger partial charge is 0.406 e. The number of hydrogen-bond acceptors (Lipinski definition) is 2. The van der Waals surface area contributed by atoms with Crippen LogP contribution in [0.3, 0.4) is 0 Å². The zero-order valence-electron chi connectivity index (χ0n) is 10.2. The summed E-state index contributed by atoms with van der Waals surface area (Å²) in [4.78, 5) is 10.9. The fourth-order valence-electron chi connectivity index (χ4n) is 1.81. The second-order valence-corrected chi connectivity index (χ2v) is 4.04. The van der Waals surface area contributed by atoms with Crippen LogP contribution in [0.15, 0.2) is 36.4 Å². The third kappa shape index (κ3) is 3.56. The van der Waals surface area contributed by atoms with Crippen LogP contribution in [0.4, 0.5) is 22.0 Å². The van der Waals surface area contributed by atoms with Gasteiger partial charge in [-0.1, -0.05) is 12.1 Å². The zero-order chi connectivity index (χ0) is 15.6. The van der Waals surface area contributed by atoms with Crippen molar-refractivity contribution in [2.24, 2.45) is 0 Å².